The Labute approximate surface area is 109 Å². The van der Waals surface area contributed by atoms with Gasteiger partial charge in [-0.15, -0.1) is 13.2 Å². The zero-order chi connectivity index (χ0) is 13.9. The number of aliphatic hydroxyl groups is 3. The largest absolute Gasteiger partial charge is 0.573 e. The van der Waals surface area contributed by atoms with Crippen molar-refractivity contribution >= 4 is 15.9 Å². The van der Waals surface area contributed by atoms with Crippen LogP contribution in [0.5, 0.6) is 5.75 Å². The molecule has 0 saturated carbocycles. The van der Waals surface area contributed by atoms with Gasteiger partial charge >= 0.3 is 6.36 Å². The maximum atomic E-state index is 12.2. The fourth-order valence-electron chi connectivity index (χ4n) is 1.27. The van der Waals surface area contributed by atoms with Gasteiger partial charge in [0.15, 0.2) is 0 Å². The molecule has 0 heterocycles. The second kappa shape index (κ2) is 5.87. The van der Waals surface area contributed by atoms with Crippen molar-refractivity contribution in [1.29, 1.82) is 0 Å². The molecule has 1 aromatic rings. The van der Waals surface area contributed by atoms with Gasteiger partial charge in [0.25, 0.3) is 0 Å². The molecule has 102 valence electrons. The van der Waals surface area contributed by atoms with E-state index in [4.69, 9.17) is 5.11 Å². The molecule has 1 rings (SSSR count). The van der Waals surface area contributed by atoms with Crippen LogP contribution in [0, 0.1) is 0 Å². The predicted molar refractivity (Wildman–Crippen MR) is 58.9 cm³/mol. The summed E-state index contributed by atoms with van der Waals surface area (Å²) >= 11 is 2.97. The Morgan fingerprint density at radius 2 is 1.89 bits per heavy atom. The average Bonchev–Trinajstić information content (AvgIpc) is 2.25. The fraction of sp³-hybridized carbons (Fsp3) is 0.400. The van der Waals surface area contributed by atoms with Crippen molar-refractivity contribution < 1.29 is 33.2 Å². The summed E-state index contributed by atoms with van der Waals surface area (Å²) in [5.41, 5.74) is -0.267. The lowest BCUT2D eigenvalue weighted by molar-refractivity contribution is -0.275. The summed E-state index contributed by atoms with van der Waals surface area (Å²) in [5, 5.41) is 27.5. The molecule has 18 heavy (non-hydrogen) atoms. The number of ether oxygens (including phenoxy) is 1. The molecule has 8 heteroatoms. The van der Waals surface area contributed by atoms with Gasteiger partial charge in [0.1, 0.15) is 18.0 Å². The number of rotatable bonds is 4. The van der Waals surface area contributed by atoms with Crippen LogP contribution < -0.4 is 4.74 Å². The summed E-state index contributed by atoms with van der Waals surface area (Å²) in [6, 6.07) is 3.55. The number of hydrogen-bond donors (Lipinski definition) is 3. The van der Waals surface area contributed by atoms with Crippen LogP contribution in [-0.2, 0) is 0 Å². The normalized spacial score (nSPS) is 15.3. The minimum absolute atomic E-state index is 0.267. The second-order valence-electron chi connectivity index (χ2n) is 3.42. The molecule has 0 spiro atoms. The maximum absolute atomic E-state index is 12.2. The minimum atomic E-state index is -4.92. The first-order valence-corrected chi connectivity index (χ1v) is 5.56. The zero-order valence-corrected chi connectivity index (χ0v) is 10.4. The van der Waals surface area contributed by atoms with Gasteiger partial charge < -0.3 is 20.1 Å². The summed E-state index contributed by atoms with van der Waals surface area (Å²) in [7, 11) is 0. The Morgan fingerprint density at radius 3 is 2.39 bits per heavy atom. The van der Waals surface area contributed by atoms with Crippen LogP contribution in [0.2, 0.25) is 0 Å². The fourth-order valence-corrected chi connectivity index (χ4v) is 1.61. The molecular weight excluding hydrogens is 321 g/mol. The SMILES string of the molecule is OCC(O)C(O)c1ccc(Br)cc1OC(F)(F)F. The lowest BCUT2D eigenvalue weighted by Gasteiger charge is -2.20. The molecule has 0 aromatic heterocycles. The van der Waals surface area contributed by atoms with Crippen LogP contribution in [0.4, 0.5) is 13.2 Å². The van der Waals surface area contributed by atoms with Gasteiger partial charge in [-0.25, -0.2) is 0 Å². The van der Waals surface area contributed by atoms with Crippen LogP contribution in [-0.4, -0.2) is 34.4 Å². The third-order valence-corrected chi connectivity index (χ3v) is 2.56. The molecule has 0 aliphatic heterocycles. The standard InChI is InChI=1S/C10H10BrF3O4/c11-5-1-2-6(9(17)7(16)4-15)8(3-5)18-10(12,13)14/h1-3,7,9,15-17H,4H2. The van der Waals surface area contributed by atoms with E-state index in [0.717, 1.165) is 12.1 Å². The highest BCUT2D eigenvalue weighted by Gasteiger charge is 2.33. The molecule has 2 unspecified atom stereocenters. The van der Waals surface area contributed by atoms with Gasteiger partial charge in [-0.1, -0.05) is 22.0 Å². The van der Waals surface area contributed by atoms with Crippen LogP contribution >= 0.6 is 15.9 Å². The van der Waals surface area contributed by atoms with Crippen LogP contribution in [0.1, 0.15) is 11.7 Å². The number of halogens is 4. The van der Waals surface area contributed by atoms with Gasteiger partial charge in [-0.05, 0) is 12.1 Å². The number of hydrogen-bond acceptors (Lipinski definition) is 4. The predicted octanol–water partition coefficient (Wildman–Crippen LogP) is 1.73. The quantitative estimate of drug-likeness (QED) is 0.786. The summed E-state index contributed by atoms with van der Waals surface area (Å²) < 4.78 is 40.6. The topological polar surface area (TPSA) is 69.9 Å². The summed E-state index contributed by atoms with van der Waals surface area (Å²) in [4.78, 5) is 0. The van der Waals surface area contributed by atoms with Crippen molar-refractivity contribution in [3.05, 3.63) is 28.2 Å². The lowest BCUT2D eigenvalue weighted by atomic mass is 10.0. The monoisotopic (exact) mass is 330 g/mol. The molecule has 0 radical (unpaired) electrons. The molecule has 0 amide bonds. The molecule has 3 N–H and O–H groups in total. The molecule has 0 aliphatic carbocycles. The van der Waals surface area contributed by atoms with Gasteiger partial charge in [0.05, 0.1) is 6.61 Å². The van der Waals surface area contributed by atoms with E-state index in [-0.39, 0.29) is 5.56 Å². The second-order valence-corrected chi connectivity index (χ2v) is 4.34. The van der Waals surface area contributed by atoms with Gasteiger partial charge in [0.2, 0.25) is 0 Å². The van der Waals surface area contributed by atoms with Crippen molar-refractivity contribution in [2.75, 3.05) is 6.61 Å². The van der Waals surface area contributed by atoms with Crippen LogP contribution in [0.3, 0.4) is 0 Å². The van der Waals surface area contributed by atoms with Crippen molar-refractivity contribution in [3.8, 4) is 5.75 Å². The van der Waals surface area contributed by atoms with Gasteiger partial charge in [-0.3, -0.25) is 0 Å². The Hall–Kier alpha value is -0.830. The van der Waals surface area contributed by atoms with Crippen molar-refractivity contribution in [1.82, 2.24) is 0 Å². The zero-order valence-electron chi connectivity index (χ0n) is 8.86. The van der Waals surface area contributed by atoms with E-state index in [2.05, 4.69) is 20.7 Å². The molecule has 0 bridgehead atoms. The summed E-state index contributed by atoms with van der Waals surface area (Å²) in [6.45, 7) is -0.789. The molecule has 2 atom stereocenters. The summed E-state index contributed by atoms with van der Waals surface area (Å²) in [5.74, 6) is -0.642. The highest BCUT2D eigenvalue weighted by Crippen LogP contribution is 2.34. The third-order valence-electron chi connectivity index (χ3n) is 2.07. The Morgan fingerprint density at radius 1 is 1.28 bits per heavy atom. The van der Waals surface area contributed by atoms with Crippen LogP contribution in [0.15, 0.2) is 22.7 Å². The lowest BCUT2D eigenvalue weighted by Crippen LogP contribution is -2.24. The smallest absolute Gasteiger partial charge is 0.405 e. The first-order valence-electron chi connectivity index (χ1n) is 4.77. The first kappa shape index (κ1) is 15.2. The first-order chi connectivity index (χ1) is 8.24. The molecule has 0 saturated heterocycles. The molecule has 0 fully saturated rings. The average molecular weight is 331 g/mol. The molecule has 4 nitrogen and oxygen atoms in total. The van der Waals surface area contributed by atoms with E-state index < -0.39 is 30.9 Å². The maximum Gasteiger partial charge on any atom is 0.573 e. The van der Waals surface area contributed by atoms with Crippen molar-refractivity contribution in [2.45, 2.75) is 18.6 Å². The van der Waals surface area contributed by atoms with Gasteiger partial charge in [0, 0.05) is 10.0 Å². The summed E-state index contributed by atoms with van der Waals surface area (Å²) in [6.07, 6.45) is -8.19. The van der Waals surface area contributed by atoms with E-state index in [1.807, 2.05) is 0 Å². The van der Waals surface area contributed by atoms with Crippen molar-refractivity contribution in [2.24, 2.45) is 0 Å². The Bertz CT molecular complexity index is 411. The van der Waals surface area contributed by atoms with E-state index >= 15 is 0 Å². The number of benzene rings is 1. The Balaban J connectivity index is 3.11. The number of alkyl halides is 3. The van der Waals surface area contributed by atoms with E-state index in [1.165, 1.54) is 6.07 Å². The highest BCUT2D eigenvalue weighted by atomic mass is 79.9. The molecule has 0 aliphatic rings. The molecule has 1 aromatic carbocycles. The van der Waals surface area contributed by atoms with Crippen molar-refractivity contribution in [3.63, 3.8) is 0 Å². The number of aliphatic hydroxyl groups excluding tert-OH is 3. The third kappa shape index (κ3) is 4.13. The molecular formula is C10H10BrF3O4. The minimum Gasteiger partial charge on any atom is -0.405 e. The Kier molecular flexibility index (Phi) is 4.97. The van der Waals surface area contributed by atoms with E-state index in [1.54, 1.807) is 0 Å². The highest BCUT2D eigenvalue weighted by molar-refractivity contribution is 9.10. The van der Waals surface area contributed by atoms with Gasteiger partial charge in [-0.2, -0.15) is 0 Å². The van der Waals surface area contributed by atoms with E-state index in [0.29, 0.717) is 4.47 Å². The van der Waals surface area contributed by atoms with Crippen LogP contribution in [0.25, 0.3) is 0 Å². The van der Waals surface area contributed by atoms with E-state index in [9.17, 15) is 23.4 Å².